The minimum absolute atomic E-state index is 0.0563. The smallest absolute Gasteiger partial charge is 0.416 e. The van der Waals surface area contributed by atoms with Crippen LogP contribution in [0.1, 0.15) is 5.56 Å². The maximum atomic E-state index is 12.8. The molecule has 0 heterocycles. The number of hydrogen-bond donors (Lipinski definition) is 0. The molecule has 142 valence electrons. The summed E-state index contributed by atoms with van der Waals surface area (Å²) in [6, 6.07) is 10.3. The van der Waals surface area contributed by atoms with Crippen molar-refractivity contribution in [1.29, 1.82) is 0 Å². The van der Waals surface area contributed by atoms with Crippen LogP contribution in [0.3, 0.4) is 0 Å². The Morgan fingerprint density at radius 2 is 1.41 bits per heavy atom. The number of alkyl halides is 3. The Balaban J connectivity index is 1.98. The fourth-order valence-corrected chi connectivity index (χ4v) is 3.71. The first-order valence-electron chi connectivity index (χ1n) is 7.18. The fraction of sp³-hybridized carbons (Fsp3) is 0.0588. The monoisotopic (exact) mass is 454 g/mol. The van der Waals surface area contributed by atoms with Crippen LogP contribution in [0.25, 0.3) is 10.8 Å². The largest absolute Gasteiger partial charge is 0.454 e. The highest BCUT2D eigenvalue weighted by Gasteiger charge is 2.32. The molecule has 0 saturated carbocycles. The van der Waals surface area contributed by atoms with Gasteiger partial charge in [-0.25, -0.2) is 8.42 Å². The number of fused-ring (bicyclic) bond motifs is 1. The number of ether oxygens (including phenoxy) is 1. The predicted molar refractivity (Wildman–Crippen MR) is 98.5 cm³/mol. The highest BCUT2D eigenvalue weighted by Crippen LogP contribution is 2.42. The zero-order valence-corrected chi connectivity index (χ0v) is 16.1. The molecule has 27 heavy (non-hydrogen) atoms. The van der Waals surface area contributed by atoms with Crippen LogP contribution in [0, 0.1) is 0 Å². The molecule has 3 aromatic carbocycles. The third kappa shape index (κ3) is 4.43. The third-order valence-electron chi connectivity index (χ3n) is 3.61. The Morgan fingerprint density at radius 1 is 0.852 bits per heavy atom. The van der Waals surface area contributed by atoms with Crippen molar-refractivity contribution in [2.75, 3.05) is 0 Å². The quantitative estimate of drug-likeness (QED) is 0.404. The average molecular weight is 456 g/mol. The van der Waals surface area contributed by atoms with Gasteiger partial charge in [-0.05, 0) is 47.2 Å². The van der Waals surface area contributed by atoms with Gasteiger partial charge >= 0.3 is 6.18 Å². The molecular formula is C17H8Cl3F3O3S. The molecule has 0 N–H and O–H groups in total. The van der Waals surface area contributed by atoms with Crippen LogP contribution in [0.15, 0.2) is 53.4 Å². The number of halogens is 6. The van der Waals surface area contributed by atoms with Gasteiger partial charge in [-0.15, -0.1) is 0 Å². The molecular weight excluding hydrogens is 448 g/mol. The van der Waals surface area contributed by atoms with Crippen molar-refractivity contribution in [1.82, 2.24) is 0 Å². The molecule has 3 aromatic rings. The first-order valence-corrected chi connectivity index (χ1v) is 10.2. The molecule has 0 radical (unpaired) electrons. The zero-order chi connectivity index (χ0) is 20.0. The summed E-state index contributed by atoms with van der Waals surface area (Å²) < 4.78 is 66.7. The second kappa shape index (κ2) is 7.05. The van der Waals surface area contributed by atoms with Crippen molar-refractivity contribution >= 4 is 53.7 Å². The Labute approximate surface area is 166 Å². The van der Waals surface area contributed by atoms with E-state index in [0.29, 0.717) is 10.8 Å². The van der Waals surface area contributed by atoms with Crippen molar-refractivity contribution in [2.24, 2.45) is 0 Å². The first kappa shape index (κ1) is 20.1. The molecule has 0 aliphatic rings. The van der Waals surface area contributed by atoms with Crippen molar-refractivity contribution in [3.63, 3.8) is 0 Å². The van der Waals surface area contributed by atoms with Crippen molar-refractivity contribution < 1.29 is 26.3 Å². The van der Waals surface area contributed by atoms with E-state index in [4.69, 9.17) is 38.6 Å². The van der Waals surface area contributed by atoms with E-state index in [1.807, 2.05) is 0 Å². The maximum Gasteiger partial charge on any atom is 0.416 e. The van der Waals surface area contributed by atoms with Gasteiger partial charge in [-0.3, -0.25) is 0 Å². The predicted octanol–water partition coefficient (Wildman–Crippen LogP) is 6.89. The SMILES string of the molecule is O=S(=O)(Cl)c1ccc2cc(Oc3c(Cl)cc(C(F)(F)F)cc3Cl)ccc2c1. The van der Waals surface area contributed by atoms with E-state index in [1.165, 1.54) is 24.3 Å². The van der Waals surface area contributed by atoms with Crippen LogP contribution in [-0.4, -0.2) is 8.42 Å². The van der Waals surface area contributed by atoms with E-state index in [9.17, 15) is 21.6 Å². The molecule has 0 spiro atoms. The summed E-state index contributed by atoms with van der Waals surface area (Å²) in [5.41, 5.74) is -0.988. The van der Waals surface area contributed by atoms with Crippen LogP contribution in [0.4, 0.5) is 13.2 Å². The second-order valence-corrected chi connectivity index (χ2v) is 8.86. The van der Waals surface area contributed by atoms with E-state index < -0.39 is 20.8 Å². The Bertz CT molecular complexity index is 1120. The molecule has 3 rings (SSSR count). The summed E-state index contributed by atoms with van der Waals surface area (Å²) in [5.74, 6) is 0.137. The summed E-state index contributed by atoms with van der Waals surface area (Å²) in [4.78, 5) is -0.0563. The van der Waals surface area contributed by atoms with E-state index in [0.717, 1.165) is 12.1 Å². The maximum absolute atomic E-state index is 12.8. The summed E-state index contributed by atoms with van der Waals surface area (Å²) in [6.07, 6.45) is -4.59. The minimum Gasteiger partial charge on any atom is -0.454 e. The van der Waals surface area contributed by atoms with Gasteiger partial charge in [0.05, 0.1) is 20.5 Å². The second-order valence-electron chi connectivity index (χ2n) is 5.48. The fourth-order valence-electron chi connectivity index (χ4n) is 2.36. The Hall–Kier alpha value is -1.67. The number of hydrogen-bond acceptors (Lipinski definition) is 3. The van der Waals surface area contributed by atoms with Crippen LogP contribution in [0.2, 0.25) is 10.0 Å². The normalized spacial score (nSPS) is 12.4. The highest BCUT2D eigenvalue weighted by atomic mass is 35.7. The summed E-state index contributed by atoms with van der Waals surface area (Å²) in [7, 11) is 1.45. The Kier molecular flexibility index (Phi) is 5.24. The lowest BCUT2D eigenvalue weighted by atomic mass is 10.1. The zero-order valence-electron chi connectivity index (χ0n) is 13.0. The van der Waals surface area contributed by atoms with E-state index in [1.54, 1.807) is 12.1 Å². The Morgan fingerprint density at radius 3 is 1.96 bits per heavy atom. The van der Waals surface area contributed by atoms with Gasteiger partial charge in [-0.1, -0.05) is 35.3 Å². The lowest BCUT2D eigenvalue weighted by Crippen LogP contribution is -2.05. The molecule has 3 nitrogen and oxygen atoms in total. The number of benzene rings is 3. The van der Waals surface area contributed by atoms with Crippen LogP contribution < -0.4 is 4.74 Å². The average Bonchev–Trinajstić information content (AvgIpc) is 2.55. The van der Waals surface area contributed by atoms with Crippen LogP contribution in [0.5, 0.6) is 11.5 Å². The third-order valence-corrected chi connectivity index (χ3v) is 5.52. The lowest BCUT2D eigenvalue weighted by Gasteiger charge is -2.13. The summed E-state index contributed by atoms with van der Waals surface area (Å²) in [6.45, 7) is 0. The molecule has 0 saturated heterocycles. The van der Waals surface area contributed by atoms with Gasteiger partial charge in [-0.2, -0.15) is 13.2 Å². The number of rotatable bonds is 3. The summed E-state index contributed by atoms with van der Waals surface area (Å²) >= 11 is 11.8. The molecule has 0 bridgehead atoms. The molecule has 0 fully saturated rings. The van der Waals surface area contributed by atoms with E-state index in [-0.39, 0.29) is 26.4 Å². The molecule has 0 amide bonds. The van der Waals surface area contributed by atoms with Gasteiger partial charge in [0.1, 0.15) is 5.75 Å². The topological polar surface area (TPSA) is 43.4 Å². The van der Waals surface area contributed by atoms with Gasteiger partial charge in [0.2, 0.25) is 0 Å². The van der Waals surface area contributed by atoms with Crippen molar-refractivity contribution in [3.05, 3.63) is 64.1 Å². The van der Waals surface area contributed by atoms with Gasteiger partial charge in [0, 0.05) is 10.7 Å². The first-order chi connectivity index (χ1) is 12.4. The summed E-state index contributed by atoms with van der Waals surface area (Å²) in [5, 5.41) is 0.612. The van der Waals surface area contributed by atoms with E-state index in [2.05, 4.69) is 0 Å². The highest BCUT2D eigenvalue weighted by molar-refractivity contribution is 8.13. The minimum atomic E-state index is -4.59. The van der Waals surface area contributed by atoms with Crippen LogP contribution >= 0.6 is 33.9 Å². The standard InChI is InChI=1S/C17H8Cl3F3O3S/c18-14-7-11(17(21,22)23)8-15(19)16(14)26-12-3-1-10-6-13(27(20,24)25)4-2-9(10)5-12/h1-8H. The van der Waals surface area contributed by atoms with Crippen molar-refractivity contribution in [3.8, 4) is 11.5 Å². The van der Waals surface area contributed by atoms with Gasteiger partial charge in [0.15, 0.2) is 5.75 Å². The molecule has 0 unspecified atom stereocenters. The lowest BCUT2D eigenvalue weighted by molar-refractivity contribution is -0.137. The molecule has 0 atom stereocenters. The molecule has 10 heteroatoms. The molecule has 0 aliphatic heterocycles. The van der Waals surface area contributed by atoms with Crippen LogP contribution in [-0.2, 0) is 15.2 Å². The molecule has 0 aromatic heterocycles. The van der Waals surface area contributed by atoms with Gasteiger partial charge < -0.3 is 4.74 Å². The van der Waals surface area contributed by atoms with E-state index >= 15 is 0 Å². The van der Waals surface area contributed by atoms with Gasteiger partial charge in [0.25, 0.3) is 9.05 Å². The molecule has 0 aliphatic carbocycles. The van der Waals surface area contributed by atoms with Crippen molar-refractivity contribution in [2.45, 2.75) is 11.1 Å².